The van der Waals surface area contributed by atoms with Crippen molar-refractivity contribution >= 4 is 17.7 Å². The predicted molar refractivity (Wildman–Crippen MR) is 122 cm³/mol. The minimum absolute atomic E-state index is 0.120. The van der Waals surface area contributed by atoms with Gasteiger partial charge in [-0.25, -0.2) is 8.78 Å². The van der Waals surface area contributed by atoms with Crippen LogP contribution in [0.3, 0.4) is 0 Å². The fourth-order valence-corrected chi connectivity index (χ4v) is 4.47. The Morgan fingerprint density at radius 2 is 1.94 bits per heavy atom. The summed E-state index contributed by atoms with van der Waals surface area (Å²) in [6.45, 7) is 0.597. The number of benzene rings is 2. The average molecular weight is 455 g/mol. The molecule has 1 heterocycles. The zero-order valence-corrected chi connectivity index (χ0v) is 18.4. The number of aromatic nitrogens is 3. The molecule has 0 radical (unpaired) electrons. The Kier molecular flexibility index (Phi) is 7.32. The highest BCUT2D eigenvalue weighted by atomic mass is 32.2. The summed E-state index contributed by atoms with van der Waals surface area (Å²) < 4.78 is 29.6. The van der Waals surface area contributed by atoms with Crippen LogP contribution >= 0.6 is 11.8 Å². The summed E-state index contributed by atoms with van der Waals surface area (Å²) in [4.78, 5) is 12.4. The van der Waals surface area contributed by atoms with Gasteiger partial charge in [-0.1, -0.05) is 53.7 Å². The largest absolute Gasteiger partial charge is 0.355 e. The Morgan fingerprint density at radius 3 is 2.69 bits per heavy atom. The number of hydrogen-bond acceptors (Lipinski definition) is 4. The molecule has 0 fully saturated rings. The molecule has 2 aromatic carbocycles. The lowest BCUT2D eigenvalue weighted by Crippen LogP contribution is -2.26. The molecule has 1 aliphatic carbocycles. The van der Waals surface area contributed by atoms with E-state index in [1.54, 1.807) is 0 Å². The van der Waals surface area contributed by atoms with E-state index in [0.29, 0.717) is 17.5 Å². The first-order valence-corrected chi connectivity index (χ1v) is 11.6. The number of thioether (sulfide) groups is 1. The summed E-state index contributed by atoms with van der Waals surface area (Å²) in [7, 11) is 0. The minimum Gasteiger partial charge on any atom is -0.355 e. The van der Waals surface area contributed by atoms with Crippen molar-refractivity contribution in [2.75, 3.05) is 12.3 Å². The second-order valence-electron chi connectivity index (χ2n) is 7.60. The number of carbonyl (C=O) groups excluding carboxylic acids is 1. The van der Waals surface area contributed by atoms with Crippen LogP contribution in [0.5, 0.6) is 0 Å². The summed E-state index contributed by atoms with van der Waals surface area (Å²) in [6, 6.07) is 12.6. The summed E-state index contributed by atoms with van der Waals surface area (Å²) >= 11 is 1.17. The third-order valence-electron chi connectivity index (χ3n) is 5.30. The van der Waals surface area contributed by atoms with Gasteiger partial charge >= 0.3 is 0 Å². The van der Waals surface area contributed by atoms with Crippen LogP contribution in [0.1, 0.15) is 32.1 Å². The van der Waals surface area contributed by atoms with Gasteiger partial charge in [0.15, 0.2) is 11.0 Å². The summed E-state index contributed by atoms with van der Waals surface area (Å²) in [5.41, 5.74) is 2.27. The molecule has 1 aliphatic rings. The highest BCUT2D eigenvalue weighted by molar-refractivity contribution is 7.99. The number of amides is 1. The fourth-order valence-electron chi connectivity index (χ4n) is 3.69. The molecule has 1 aromatic heterocycles. The Hall–Kier alpha value is -3.00. The normalized spacial score (nSPS) is 13.6. The minimum atomic E-state index is -0.728. The second kappa shape index (κ2) is 10.5. The molecule has 1 N–H and O–H groups in total. The van der Waals surface area contributed by atoms with Gasteiger partial charge in [0, 0.05) is 18.2 Å². The molecule has 5 nitrogen and oxygen atoms in total. The van der Waals surface area contributed by atoms with Crippen molar-refractivity contribution in [3.63, 3.8) is 0 Å². The number of nitrogens with zero attached hydrogens (tertiary/aromatic N) is 3. The van der Waals surface area contributed by atoms with Gasteiger partial charge in [0.05, 0.1) is 11.4 Å². The first-order valence-electron chi connectivity index (χ1n) is 10.7. The highest BCUT2D eigenvalue weighted by Crippen LogP contribution is 2.29. The summed E-state index contributed by atoms with van der Waals surface area (Å²) in [6.07, 6.45) is 7.83. The summed E-state index contributed by atoms with van der Waals surface area (Å²) in [5, 5.41) is 11.7. The van der Waals surface area contributed by atoms with Crippen LogP contribution in [0.15, 0.2) is 65.3 Å². The maximum atomic E-state index is 14.6. The van der Waals surface area contributed by atoms with E-state index in [9.17, 15) is 13.6 Å². The van der Waals surface area contributed by atoms with Crippen molar-refractivity contribution in [2.45, 2.75) is 37.3 Å². The van der Waals surface area contributed by atoms with Gasteiger partial charge in [0.1, 0.15) is 11.6 Å². The van der Waals surface area contributed by atoms with Crippen LogP contribution in [0, 0.1) is 11.6 Å². The van der Waals surface area contributed by atoms with Crippen molar-refractivity contribution in [1.29, 1.82) is 0 Å². The lowest BCUT2D eigenvalue weighted by Gasteiger charge is -2.13. The van der Waals surface area contributed by atoms with E-state index in [1.807, 2.05) is 30.3 Å². The first-order chi connectivity index (χ1) is 15.6. The lowest BCUT2D eigenvalue weighted by atomic mass is 9.97. The Balaban J connectivity index is 1.49. The Bertz CT molecular complexity index is 1110. The second-order valence-corrected chi connectivity index (χ2v) is 8.54. The van der Waals surface area contributed by atoms with Gasteiger partial charge in [-0.05, 0) is 44.2 Å². The first kappa shape index (κ1) is 22.2. The highest BCUT2D eigenvalue weighted by Gasteiger charge is 2.20. The molecule has 0 saturated carbocycles. The number of halogens is 2. The van der Waals surface area contributed by atoms with E-state index in [0.717, 1.165) is 30.9 Å². The zero-order valence-electron chi connectivity index (χ0n) is 17.6. The van der Waals surface area contributed by atoms with Crippen LogP contribution in [0.4, 0.5) is 8.78 Å². The van der Waals surface area contributed by atoms with Crippen molar-refractivity contribution in [3.8, 4) is 17.1 Å². The smallest absolute Gasteiger partial charge is 0.230 e. The van der Waals surface area contributed by atoms with Crippen LogP contribution < -0.4 is 5.32 Å². The lowest BCUT2D eigenvalue weighted by molar-refractivity contribution is -0.118. The van der Waals surface area contributed by atoms with E-state index >= 15 is 0 Å². The maximum absolute atomic E-state index is 14.6. The quantitative estimate of drug-likeness (QED) is 0.370. The van der Waals surface area contributed by atoms with Crippen LogP contribution in [0.25, 0.3) is 17.1 Å². The molecule has 0 saturated heterocycles. The maximum Gasteiger partial charge on any atom is 0.230 e. The molecule has 32 heavy (non-hydrogen) atoms. The van der Waals surface area contributed by atoms with Crippen molar-refractivity contribution in [1.82, 2.24) is 20.1 Å². The predicted octanol–water partition coefficient (Wildman–Crippen LogP) is 5.31. The number of rotatable bonds is 8. The topological polar surface area (TPSA) is 59.8 Å². The van der Waals surface area contributed by atoms with Crippen molar-refractivity contribution in [3.05, 3.63) is 71.8 Å². The molecule has 8 heteroatoms. The number of nitrogens with one attached hydrogen (secondary N) is 1. The van der Waals surface area contributed by atoms with Crippen molar-refractivity contribution in [2.24, 2.45) is 0 Å². The van der Waals surface area contributed by atoms with Crippen molar-refractivity contribution < 1.29 is 13.6 Å². The monoisotopic (exact) mass is 454 g/mol. The van der Waals surface area contributed by atoms with Gasteiger partial charge in [0.2, 0.25) is 5.91 Å². The van der Waals surface area contributed by atoms with Gasteiger partial charge < -0.3 is 5.32 Å². The third kappa shape index (κ3) is 5.43. The third-order valence-corrected chi connectivity index (χ3v) is 6.23. The van der Waals surface area contributed by atoms with E-state index < -0.39 is 11.6 Å². The van der Waals surface area contributed by atoms with Crippen LogP contribution in [-0.2, 0) is 4.79 Å². The van der Waals surface area contributed by atoms with E-state index in [4.69, 9.17) is 0 Å². The molecule has 0 spiro atoms. The van der Waals surface area contributed by atoms with Gasteiger partial charge in [0.25, 0.3) is 0 Å². The standard InChI is InChI=1S/C24H24F2N4OS/c25-19-11-12-21(20(26)15-19)30-23(18-9-5-2-6-10-18)28-29-24(30)32-16-22(31)27-14-13-17-7-3-1-4-8-17/h2,5-7,9-12,15H,1,3-4,8,13-14,16H2,(H,27,31). The molecule has 166 valence electrons. The molecule has 0 bridgehead atoms. The molecule has 3 aromatic rings. The Labute approximate surface area is 189 Å². The average Bonchev–Trinajstić information content (AvgIpc) is 3.23. The number of allylic oxidation sites excluding steroid dienone is 1. The van der Waals surface area contributed by atoms with E-state index in [1.165, 1.54) is 46.9 Å². The molecule has 0 aliphatic heterocycles. The molecule has 4 rings (SSSR count). The van der Waals surface area contributed by atoms with Gasteiger partial charge in [-0.3, -0.25) is 9.36 Å². The molecular formula is C24H24F2N4OS. The van der Waals surface area contributed by atoms with Crippen LogP contribution in [0.2, 0.25) is 0 Å². The van der Waals surface area contributed by atoms with E-state index in [2.05, 4.69) is 21.6 Å². The molecule has 1 amide bonds. The fraction of sp³-hybridized carbons (Fsp3) is 0.292. The van der Waals surface area contributed by atoms with Crippen LogP contribution in [-0.4, -0.2) is 33.0 Å². The van der Waals surface area contributed by atoms with Gasteiger partial charge in [-0.2, -0.15) is 0 Å². The molecular weight excluding hydrogens is 430 g/mol. The summed E-state index contributed by atoms with van der Waals surface area (Å²) in [5.74, 6) is -0.976. The molecule has 0 unspecified atom stereocenters. The zero-order chi connectivity index (χ0) is 22.3. The Morgan fingerprint density at radius 1 is 1.09 bits per heavy atom. The van der Waals surface area contributed by atoms with E-state index in [-0.39, 0.29) is 17.3 Å². The molecule has 0 atom stereocenters. The van der Waals surface area contributed by atoms with Gasteiger partial charge in [-0.15, -0.1) is 10.2 Å². The SMILES string of the molecule is O=C(CSc1nnc(-c2ccccc2)n1-c1ccc(F)cc1F)NCCC1=CCCCC1. The number of carbonyl (C=O) groups is 1. The number of hydrogen-bond donors (Lipinski definition) is 1.